The zero-order valence-corrected chi connectivity index (χ0v) is 12.8. The molecule has 0 aliphatic heterocycles. The summed E-state index contributed by atoms with van der Waals surface area (Å²) < 4.78 is 10.4. The molecule has 0 heterocycles. The number of hydrogen-bond acceptors (Lipinski definition) is 2. The van der Waals surface area contributed by atoms with Crippen LogP contribution in [-0.2, 0) is 9.47 Å². The van der Waals surface area contributed by atoms with Gasteiger partial charge in [0.2, 0.25) is 0 Å². The lowest BCUT2D eigenvalue weighted by atomic mass is 10.1. The van der Waals surface area contributed by atoms with Crippen LogP contribution in [0.4, 0.5) is 0 Å². The van der Waals surface area contributed by atoms with Crippen molar-refractivity contribution in [3.8, 4) is 0 Å². The van der Waals surface area contributed by atoms with Crippen molar-refractivity contribution in [3.05, 3.63) is 0 Å². The van der Waals surface area contributed by atoms with E-state index >= 15 is 0 Å². The van der Waals surface area contributed by atoms with E-state index in [1.165, 1.54) is 57.8 Å². The lowest BCUT2D eigenvalue weighted by Crippen LogP contribution is -2.03. The third kappa shape index (κ3) is 16.2. The molecule has 0 fully saturated rings. The van der Waals surface area contributed by atoms with Gasteiger partial charge in [0, 0.05) is 12.5 Å². The lowest BCUT2D eigenvalue weighted by Gasteiger charge is -2.04. The predicted octanol–water partition coefficient (Wildman–Crippen LogP) is 5.14. The molecule has 18 heavy (non-hydrogen) atoms. The number of alkyl halides is 1. The first-order valence-electron chi connectivity index (χ1n) is 7.63. The van der Waals surface area contributed by atoms with Crippen LogP contribution in [0.1, 0.15) is 71.1 Å². The third-order valence-electron chi connectivity index (χ3n) is 3.03. The van der Waals surface area contributed by atoms with Gasteiger partial charge >= 0.3 is 0 Å². The van der Waals surface area contributed by atoms with Gasteiger partial charge in [0.15, 0.2) is 0 Å². The SMILES string of the molecule is CCCCCCCCCCCCOCOCCCl. The Balaban J connectivity index is 2.86. The highest BCUT2D eigenvalue weighted by Crippen LogP contribution is 2.10. The third-order valence-corrected chi connectivity index (χ3v) is 3.18. The fourth-order valence-corrected chi connectivity index (χ4v) is 2.03. The number of rotatable bonds is 15. The Morgan fingerprint density at radius 1 is 0.667 bits per heavy atom. The zero-order chi connectivity index (χ0) is 13.3. The summed E-state index contributed by atoms with van der Waals surface area (Å²) in [5.74, 6) is 0.543. The lowest BCUT2D eigenvalue weighted by molar-refractivity contribution is -0.0495. The molecular formula is C15H31ClO2. The molecule has 0 saturated heterocycles. The highest BCUT2D eigenvalue weighted by atomic mass is 35.5. The summed E-state index contributed by atoms with van der Waals surface area (Å²) in [6.45, 7) is 4.06. The normalized spacial score (nSPS) is 11.0. The van der Waals surface area contributed by atoms with Gasteiger partial charge in [-0.15, -0.1) is 11.6 Å². The minimum atomic E-state index is 0.393. The van der Waals surface area contributed by atoms with E-state index in [9.17, 15) is 0 Å². The highest BCUT2D eigenvalue weighted by Gasteiger charge is 1.93. The van der Waals surface area contributed by atoms with Gasteiger partial charge in [-0.2, -0.15) is 0 Å². The van der Waals surface area contributed by atoms with Gasteiger partial charge in [-0.3, -0.25) is 0 Å². The summed E-state index contributed by atoms with van der Waals surface area (Å²) in [5, 5.41) is 0. The molecule has 0 rings (SSSR count). The standard InChI is InChI=1S/C15H31ClO2/c1-2-3-4-5-6-7-8-9-10-11-13-17-15-18-14-12-16/h2-15H2,1H3. The molecule has 0 aromatic rings. The summed E-state index contributed by atoms with van der Waals surface area (Å²) in [6.07, 6.45) is 13.6. The van der Waals surface area contributed by atoms with Gasteiger partial charge in [-0.25, -0.2) is 0 Å². The van der Waals surface area contributed by atoms with E-state index in [4.69, 9.17) is 21.1 Å². The summed E-state index contributed by atoms with van der Waals surface area (Å²) in [4.78, 5) is 0. The molecule has 3 heteroatoms. The molecule has 0 saturated carbocycles. The summed E-state index contributed by atoms with van der Waals surface area (Å²) >= 11 is 5.47. The van der Waals surface area contributed by atoms with Crippen molar-refractivity contribution >= 4 is 11.6 Å². The van der Waals surface area contributed by atoms with Crippen molar-refractivity contribution in [3.63, 3.8) is 0 Å². The van der Waals surface area contributed by atoms with Gasteiger partial charge in [0.05, 0.1) is 6.61 Å². The number of ether oxygens (including phenoxy) is 2. The molecule has 0 unspecified atom stereocenters. The van der Waals surface area contributed by atoms with Crippen LogP contribution < -0.4 is 0 Å². The van der Waals surface area contributed by atoms with Gasteiger partial charge in [0.25, 0.3) is 0 Å². The second-order valence-corrected chi connectivity index (χ2v) is 5.18. The minimum Gasteiger partial charge on any atom is -0.355 e. The van der Waals surface area contributed by atoms with E-state index in [2.05, 4.69) is 6.92 Å². The molecule has 0 spiro atoms. The second kappa shape index (κ2) is 17.2. The van der Waals surface area contributed by atoms with Crippen LogP contribution in [0.25, 0.3) is 0 Å². The number of halogens is 1. The molecule has 0 atom stereocenters. The maximum atomic E-state index is 5.47. The van der Waals surface area contributed by atoms with Gasteiger partial charge < -0.3 is 9.47 Å². The predicted molar refractivity (Wildman–Crippen MR) is 79.3 cm³/mol. The van der Waals surface area contributed by atoms with Gasteiger partial charge in [-0.05, 0) is 6.42 Å². The quantitative estimate of drug-likeness (QED) is 0.235. The fourth-order valence-electron chi connectivity index (χ4n) is 1.92. The molecule has 0 bridgehead atoms. The van der Waals surface area contributed by atoms with Crippen LogP contribution in [0.3, 0.4) is 0 Å². The largest absolute Gasteiger partial charge is 0.355 e. The average Bonchev–Trinajstić information content (AvgIpc) is 2.39. The molecule has 0 aliphatic rings. The van der Waals surface area contributed by atoms with Crippen LogP contribution in [0.2, 0.25) is 0 Å². The number of hydrogen-bond donors (Lipinski definition) is 0. The summed E-state index contributed by atoms with van der Waals surface area (Å²) in [7, 11) is 0. The van der Waals surface area contributed by atoms with E-state index in [0.29, 0.717) is 19.3 Å². The topological polar surface area (TPSA) is 18.5 Å². The van der Waals surface area contributed by atoms with Crippen LogP contribution in [-0.4, -0.2) is 25.9 Å². The smallest absolute Gasteiger partial charge is 0.146 e. The van der Waals surface area contributed by atoms with E-state index in [0.717, 1.165) is 13.0 Å². The molecule has 0 radical (unpaired) electrons. The maximum absolute atomic E-state index is 5.47. The molecule has 2 nitrogen and oxygen atoms in total. The Kier molecular flexibility index (Phi) is 17.4. The Morgan fingerprint density at radius 3 is 1.72 bits per heavy atom. The first-order valence-corrected chi connectivity index (χ1v) is 8.16. The van der Waals surface area contributed by atoms with Crippen LogP contribution in [0.5, 0.6) is 0 Å². The highest BCUT2D eigenvalue weighted by molar-refractivity contribution is 6.17. The van der Waals surface area contributed by atoms with E-state index in [1.54, 1.807) is 0 Å². The van der Waals surface area contributed by atoms with Crippen LogP contribution in [0, 0.1) is 0 Å². The molecule has 0 amide bonds. The first-order chi connectivity index (χ1) is 8.91. The van der Waals surface area contributed by atoms with Crippen molar-refractivity contribution in [1.82, 2.24) is 0 Å². The fraction of sp³-hybridized carbons (Fsp3) is 1.00. The van der Waals surface area contributed by atoms with Crippen molar-refractivity contribution in [2.24, 2.45) is 0 Å². The monoisotopic (exact) mass is 278 g/mol. The van der Waals surface area contributed by atoms with Gasteiger partial charge in [0.1, 0.15) is 6.79 Å². The average molecular weight is 279 g/mol. The van der Waals surface area contributed by atoms with E-state index < -0.39 is 0 Å². The van der Waals surface area contributed by atoms with E-state index in [1.807, 2.05) is 0 Å². The van der Waals surface area contributed by atoms with E-state index in [-0.39, 0.29) is 0 Å². The maximum Gasteiger partial charge on any atom is 0.146 e. The summed E-state index contributed by atoms with van der Waals surface area (Å²) in [6, 6.07) is 0. The molecule has 0 N–H and O–H groups in total. The minimum absolute atomic E-state index is 0.393. The second-order valence-electron chi connectivity index (χ2n) is 4.81. The van der Waals surface area contributed by atoms with Crippen molar-refractivity contribution in [1.29, 1.82) is 0 Å². The Labute approximate surface area is 118 Å². The molecular weight excluding hydrogens is 248 g/mol. The molecule has 0 aromatic heterocycles. The molecule has 0 aliphatic carbocycles. The first kappa shape index (κ1) is 18.2. The van der Waals surface area contributed by atoms with Crippen molar-refractivity contribution in [2.45, 2.75) is 71.1 Å². The van der Waals surface area contributed by atoms with Gasteiger partial charge in [-0.1, -0.05) is 64.7 Å². The summed E-state index contributed by atoms with van der Waals surface area (Å²) in [5.41, 5.74) is 0. The van der Waals surface area contributed by atoms with Crippen molar-refractivity contribution in [2.75, 3.05) is 25.9 Å². The van der Waals surface area contributed by atoms with Crippen LogP contribution in [0.15, 0.2) is 0 Å². The van der Waals surface area contributed by atoms with Crippen molar-refractivity contribution < 1.29 is 9.47 Å². The zero-order valence-electron chi connectivity index (χ0n) is 12.1. The van der Waals surface area contributed by atoms with Crippen LogP contribution >= 0.6 is 11.6 Å². The molecule has 0 aromatic carbocycles. The molecule has 110 valence electrons. The Morgan fingerprint density at radius 2 is 1.17 bits per heavy atom. The Bertz CT molecular complexity index is 126. The number of unbranched alkanes of at least 4 members (excludes halogenated alkanes) is 9. The Hall–Kier alpha value is 0.210.